The van der Waals surface area contributed by atoms with Crippen molar-refractivity contribution in [2.75, 3.05) is 13.2 Å². The molecule has 4 atom stereocenters. The maximum Gasteiger partial charge on any atom is 0.417 e. The summed E-state index contributed by atoms with van der Waals surface area (Å²) in [6.45, 7) is 11.2. The summed E-state index contributed by atoms with van der Waals surface area (Å²) in [5, 5.41) is 12.0. The molecule has 51 heavy (non-hydrogen) atoms. The van der Waals surface area contributed by atoms with E-state index < -0.39 is 35.7 Å². The van der Waals surface area contributed by atoms with Gasteiger partial charge < -0.3 is 23.7 Å². The summed E-state index contributed by atoms with van der Waals surface area (Å²) in [4.78, 5) is 28.8. The number of amides is 2. The Hall–Kier alpha value is -4.24. The minimum atomic E-state index is -1.30. The van der Waals surface area contributed by atoms with E-state index in [4.69, 9.17) is 18.6 Å². The highest BCUT2D eigenvalue weighted by Gasteiger charge is 2.53. The molecule has 272 valence electrons. The topological polar surface area (TPSA) is 98.4 Å². The zero-order chi connectivity index (χ0) is 36.4. The van der Waals surface area contributed by atoms with Gasteiger partial charge in [-0.25, -0.2) is 9.69 Å². The molecule has 1 fully saturated rings. The van der Waals surface area contributed by atoms with Gasteiger partial charge in [0, 0.05) is 19.4 Å². The van der Waals surface area contributed by atoms with Gasteiger partial charge in [-0.05, 0) is 67.3 Å². The van der Waals surface area contributed by atoms with Crippen LogP contribution in [0.15, 0.2) is 101 Å². The molecular weight excluding hydrogens is 642 g/mol. The first-order valence-corrected chi connectivity index (χ1v) is 18.2. The molecule has 2 amide bonds. The predicted octanol–water partition coefficient (Wildman–Crippen LogP) is 8.49. The zero-order valence-electron chi connectivity index (χ0n) is 30.6. The first kappa shape index (κ1) is 38.0. The van der Waals surface area contributed by atoms with Crippen LogP contribution in [0.5, 0.6) is 0 Å². The number of hydrogen-bond acceptors (Lipinski definition) is 7. The van der Waals surface area contributed by atoms with Gasteiger partial charge in [0.05, 0.1) is 31.3 Å². The SMILES string of the molecule is CC[C@H](COCCCc1oc([C@@H](O)[C@H](Cc2ccccc2)C(=O)N2C(=O)OC(C)(C)[C@@H]2C(C)C)cc1Cc1ccccc1)OCc1ccccc1. The number of hydrogen-bond donors (Lipinski definition) is 1. The van der Waals surface area contributed by atoms with Crippen LogP contribution in [0.4, 0.5) is 4.79 Å². The number of aliphatic hydroxyl groups is 1. The maximum atomic E-state index is 14.4. The number of ether oxygens (including phenoxy) is 3. The van der Waals surface area contributed by atoms with Gasteiger partial charge in [0.2, 0.25) is 5.91 Å². The molecule has 8 heteroatoms. The Kier molecular flexibility index (Phi) is 13.3. The first-order valence-electron chi connectivity index (χ1n) is 18.2. The van der Waals surface area contributed by atoms with E-state index in [1.807, 2.05) is 100 Å². The Labute approximate surface area is 302 Å². The van der Waals surface area contributed by atoms with Gasteiger partial charge in [-0.2, -0.15) is 0 Å². The molecule has 1 N–H and O–H groups in total. The van der Waals surface area contributed by atoms with Crippen LogP contribution in [0.2, 0.25) is 0 Å². The van der Waals surface area contributed by atoms with E-state index in [-0.39, 0.29) is 18.4 Å². The molecule has 0 radical (unpaired) electrons. The number of carbonyl (C=O) groups is 2. The van der Waals surface area contributed by atoms with Crippen molar-refractivity contribution in [1.29, 1.82) is 0 Å². The van der Waals surface area contributed by atoms with E-state index >= 15 is 0 Å². The lowest BCUT2D eigenvalue weighted by atomic mass is 9.86. The molecule has 1 aliphatic rings. The second-order valence-electron chi connectivity index (χ2n) is 14.4. The van der Waals surface area contributed by atoms with Crippen LogP contribution in [0.1, 0.15) is 87.3 Å². The van der Waals surface area contributed by atoms with Crippen LogP contribution in [-0.4, -0.2) is 53.0 Å². The van der Waals surface area contributed by atoms with Gasteiger partial charge in [-0.3, -0.25) is 4.79 Å². The second kappa shape index (κ2) is 17.8. The van der Waals surface area contributed by atoms with Crippen LogP contribution in [0.25, 0.3) is 0 Å². The number of imide groups is 1. The molecule has 0 unspecified atom stereocenters. The number of cyclic esters (lactones) is 1. The van der Waals surface area contributed by atoms with Crippen molar-refractivity contribution in [2.24, 2.45) is 11.8 Å². The Morgan fingerprint density at radius 1 is 0.922 bits per heavy atom. The van der Waals surface area contributed by atoms with E-state index in [1.165, 1.54) is 4.90 Å². The summed E-state index contributed by atoms with van der Waals surface area (Å²) in [5.74, 6) is -0.459. The van der Waals surface area contributed by atoms with Gasteiger partial charge in [0.15, 0.2) is 0 Å². The molecule has 8 nitrogen and oxygen atoms in total. The van der Waals surface area contributed by atoms with Crippen LogP contribution < -0.4 is 0 Å². The Morgan fingerprint density at radius 3 is 2.14 bits per heavy atom. The highest BCUT2D eigenvalue weighted by atomic mass is 16.6. The van der Waals surface area contributed by atoms with Crippen molar-refractivity contribution in [3.05, 3.63) is 131 Å². The van der Waals surface area contributed by atoms with Crippen LogP contribution in [0, 0.1) is 11.8 Å². The molecule has 1 aromatic heterocycles. The van der Waals surface area contributed by atoms with Crippen LogP contribution in [0.3, 0.4) is 0 Å². The van der Waals surface area contributed by atoms with Gasteiger partial charge in [-0.15, -0.1) is 0 Å². The molecule has 0 bridgehead atoms. The quantitative estimate of drug-likeness (QED) is 0.104. The van der Waals surface area contributed by atoms with Crippen molar-refractivity contribution in [3.8, 4) is 0 Å². The number of aryl methyl sites for hydroxylation is 1. The molecule has 4 aromatic rings. The normalized spacial score (nSPS) is 17.4. The number of carbonyl (C=O) groups excluding carboxylic acids is 2. The van der Waals surface area contributed by atoms with Gasteiger partial charge in [0.1, 0.15) is 23.2 Å². The lowest BCUT2D eigenvalue weighted by Gasteiger charge is -2.33. The fourth-order valence-corrected chi connectivity index (χ4v) is 7.10. The monoisotopic (exact) mass is 695 g/mol. The highest BCUT2D eigenvalue weighted by molar-refractivity contribution is 5.95. The molecule has 0 aliphatic carbocycles. The molecule has 1 saturated heterocycles. The van der Waals surface area contributed by atoms with Crippen molar-refractivity contribution in [2.45, 2.75) is 97.2 Å². The predicted molar refractivity (Wildman–Crippen MR) is 197 cm³/mol. The summed E-state index contributed by atoms with van der Waals surface area (Å²) >= 11 is 0. The van der Waals surface area contributed by atoms with Crippen molar-refractivity contribution in [1.82, 2.24) is 4.90 Å². The largest absolute Gasteiger partial charge is 0.463 e. The van der Waals surface area contributed by atoms with E-state index in [0.717, 1.165) is 34.4 Å². The van der Waals surface area contributed by atoms with E-state index in [9.17, 15) is 14.7 Å². The Bertz CT molecular complexity index is 1670. The number of nitrogens with zero attached hydrogens (tertiary/aromatic N) is 1. The smallest absolute Gasteiger partial charge is 0.417 e. The minimum absolute atomic E-state index is 0.00273. The third-order valence-electron chi connectivity index (χ3n) is 9.63. The first-order chi connectivity index (χ1) is 24.6. The highest BCUT2D eigenvalue weighted by Crippen LogP contribution is 2.38. The summed E-state index contributed by atoms with van der Waals surface area (Å²) in [7, 11) is 0. The van der Waals surface area contributed by atoms with Crippen LogP contribution >= 0.6 is 0 Å². The number of furan rings is 1. The van der Waals surface area contributed by atoms with Crippen molar-refractivity contribution < 1.29 is 33.3 Å². The van der Waals surface area contributed by atoms with Crippen molar-refractivity contribution >= 4 is 12.0 Å². The average Bonchev–Trinajstić information content (AvgIpc) is 3.64. The third kappa shape index (κ3) is 9.97. The summed E-state index contributed by atoms with van der Waals surface area (Å²) in [6.07, 6.45) is 0.991. The van der Waals surface area contributed by atoms with Gasteiger partial charge in [-0.1, -0.05) is 112 Å². The maximum absolute atomic E-state index is 14.4. The Balaban J connectivity index is 1.33. The van der Waals surface area contributed by atoms with Crippen LogP contribution in [-0.2, 0) is 44.9 Å². The standard InChI is InChI=1S/C43H53NO7/c1-6-35(49-28-33-21-14-9-15-22-33)29-48-24-16-23-37-34(25-31-17-10-7-11-18-31)27-38(50-37)39(45)36(26-32-19-12-8-13-20-32)41(46)44-40(30(2)3)43(4,5)51-42(44)47/h7-15,17-22,27,30,35-36,39-40,45H,6,16,23-26,28-29H2,1-5H3/t35-,36+,39+,40+/m1/s1. The van der Waals surface area contributed by atoms with E-state index in [0.29, 0.717) is 44.8 Å². The van der Waals surface area contributed by atoms with E-state index in [2.05, 4.69) is 31.2 Å². The summed E-state index contributed by atoms with van der Waals surface area (Å²) in [5.41, 5.74) is 3.19. The van der Waals surface area contributed by atoms with Crippen molar-refractivity contribution in [3.63, 3.8) is 0 Å². The average molecular weight is 696 g/mol. The molecule has 0 spiro atoms. The summed E-state index contributed by atoms with van der Waals surface area (Å²) in [6, 6.07) is 31.2. The zero-order valence-corrected chi connectivity index (χ0v) is 30.6. The molecular formula is C43H53NO7. The molecule has 3 aromatic carbocycles. The lowest BCUT2D eigenvalue weighted by molar-refractivity contribution is -0.139. The molecule has 0 saturated carbocycles. The number of benzene rings is 3. The fourth-order valence-electron chi connectivity index (χ4n) is 7.10. The lowest BCUT2D eigenvalue weighted by Crippen LogP contribution is -2.50. The third-order valence-corrected chi connectivity index (χ3v) is 9.63. The number of aliphatic hydroxyl groups excluding tert-OH is 1. The Morgan fingerprint density at radius 2 is 1.53 bits per heavy atom. The molecule has 1 aliphatic heterocycles. The van der Waals surface area contributed by atoms with Gasteiger partial charge in [0.25, 0.3) is 0 Å². The molecule has 5 rings (SSSR count). The summed E-state index contributed by atoms with van der Waals surface area (Å²) < 4.78 is 24.3. The number of rotatable bonds is 18. The second-order valence-corrected chi connectivity index (χ2v) is 14.4. The fraction of sp³-hybridized carbons (Fsp3) is 0.442. The minimum Gasteiger partial charge on any atom is -0.463 e. The van der Waals surface area contributed by atoms with Gasteiger partial charge >= 0.3 is 6.09 Å². The van der Waals surface area contributed by atoms with E-state index in [1.54, 1.807) is 0 Å². The molecule has 2 heterocycles.